The summed E-state index contributed by atoms with van der Waals surface area (Å²) in [6.45, 7) is 5.36. The molecule has 1 aliphatic rings. The second kappa shape index (κ2) is 10.3. The molecule has 0 unspecified atom stereocenters. The van der Waals surface area contributed by atoms with Gasteiger partial charge in [0, 0.05) is 43.9 Å². The molecule has 1 heterocycles. The topological polar surface area (TPSA) is 102 Å². The quantitative estimate of drug-likeness (QED) is 0.604. The van der Waals surface area contributed by atoms with Crippen LogP contribution in [-0.2, 0) is 0 Å². The Bertz CT molecular complexity index is 601. The molecule has 1 saturated heterocycles. The minimum Gasteiger partial charge on any atom is -0.502 e. The smallest absolute Gasteiger partial charge is 0.312 e. The fourth-order valence-electron chi connectivity index (χ4n) is 2.90. The van der Waals surface area contributed by atoms with Crippen molar-refractivity contribution < 1.29 is 10.0 Å². The Kier molecular flexibility index (Phi) is 9.63. The number of nitro groups is 1. The standard InChI is InChI=1S/C15H20N4O3.2ClH/c1-2-3-13(18-6-4-17-5-7-18)12-8-11(10-16)9-14(15(12)20)19(21)22;;/h8-9,13,17,20H,2-7H2,1H3;2*1H/t13-;;/m1../s1. The zero-order valence-corrected chi connectivity index (χ0v) is 15.0. The highest BCUT2D eigenvalue weighted by Crippen LogP contribution is 2.39. The first kappa shape index (κ1) is 22.4. The van der Waals surface area contributed by atoms with E-state index in [0.717, 1.165) is 45.1 Å². The molecular formula is C15H22Cl2N4O3. The highest BCUT2D eigenvalue weighted by Gasteiger charge is 2.28. The second-order valence-electron chi connectivity index (χ2n) is 5.39. The van der Waals surface area contributed by atoms with E-state index in [1.807, 2.05) is 13.0 Å². The van der Waals surface area contributed by atoms with Gasteiger partial charge in [0.25, 0.3) is 0 Å². The maximum Gasteiger partial charge on any atom is 0.312 e. The van der Waals surface area contributed by atoms with E-state index in [1.165, 1.54) is 0 Å². The van der Waals surface area contributed by atoms with Gasteiger partial charge >= 0.3 is 5.69 Å². The molecule has 1 atom stereocenters. The molecule has 0 aliphatic carbocycles. The minimum absolute atomic E-state index is 0. The third-order valence-corrected chi connectivity index (χ3v) is 3.96. The van der Waals surface area contributed by atoms with Crippen molar-refractivity contribution in [2.24, 2.45) is 0 Å². The van der Waals surface area contributed by atoms with Crippen molar-refractivity contribution >= 4 is 30.5 Å². The van der Waals surface area contributed by atoms with Crippen molar-refractivity contribution in [1.82, 2.24) is 10.2 Å². The van der Waals surface area contributed by atoms with E-state index in [9.17, 15) is 15.2 Å². The van der Waals surface area contributed by atoms with Gasteiger partial charge in [-0.3, -0.25) is 15.0 Å². The van der Waals surface area contributed by atoms with Crippen LogP contribution in [0.15, 0.2) is 12.1 Å². The molecule has 0 radical (unpaired) electrons. The van der Waals surface area contributed by atoms with Crippen molar-refractivity contribution in [2.45, 2.75) is 25.8 Å². The fraction of sp³-hybridized carbons (Fsp3) is 0.533. The van der Waals surface area contributed by atoms with Crippen molar-refractivity contribution in [3.05, 3.63) is 33.4 Å². The summed E-state index contributed by atoms with van der Waals surface area (Å²) in [7, 11) is 0. The number of nitro benzene ring substituents is 1. The first-order chi connectivity index (χ1) is 10.6. The number of hydrogen-bond donors (Lipinski definition) is 2. The lowest BCUT2D eigenvalue weighted by Gasteiger charge is -2.35. The highest BCUT2D eigenvalue weighted by atomic mass is 35.5. The first-order valence-corrected chi connectivity index (χ1v) is 7.44. The summed E-state index contributed by atoms with van der Waals surface area (Å²) in [6, 6.07) is 4.53. The van der Waals surface area contributed by atoms with Crippen LogP contribution in [0, 0.1) is 21.4 Å². The molecule has 1 fully saturated rings. The molecule has 0 bridgehead atoms. The number of nitriles is 1. The summed E-state index contributed by atoms with van der Waals surface area (Å²) < 4.78 is 0. The summed E-state index contributed by atoms with van der Waals surface area (Å²) >= 11 is 0. The average Bonchev–Trinajstić information content (AvgIpc) is 2.53. The van der Waals surface area contributed by atoms with Crippen molar-refractivity contribution in [1.29, 1.82) is 5.26 Å². The van der Waals surface area contributed by atoms with Crippen LogP contribution >= 0.6 is 24.8 Å². The molecule has 0 aromatic heterocycles. The van der Waals surface area contributed by atoms with Crippen LogP contribution in [0.5, 0.6) is 5.75 Å². The summed E-state index contributed by atoms with van der Waals surface area (Å²) in [5.74, 6) is -0.319. The molecule has 134 valence electrons. The van der Waals surface area contributed by atoms with Gasteiger partial charge < -0.3 is 10.4 Å². The van der Waals surface area contributed by atoms with E-state index < -0.39 is 10.6 Å². The Balaban J connectivity index is 0.00000264. The third-order valence-electron chi connectivity index (χ3n) is 3.96. The van der Waals surface area contributed by atoms with E-state index >= 15 is 0 Å². The Hall–Kier alpha value is -1.59. The summed E-state index contributed by atoms with van der Waals surface area (Å²) in [4.78, 5) is 12.7. The molecule has 0 amide bonds. The van der Waals surface area contributed by atoms with Gasteiger partial charge in [-0.15, -0.1) is 24.8 Å². The minimum atomic E-state index is -0.638. The molecule has 1 aliphatic heterocycles. The van der Waals surface area contributed by atoms with Crippen LogP contribution in [0.3, 0.4) is 0 Å². The van der Waals surface area contributed by atoms with E-state index in [-0.39, 0.29) is 42.2 Å². The normalized spacial score (nSPS) is 15.5. The largest absolute Gasteiger partial charge is 0.502 e. The van der Waals surface area contributed by atoms with E-state index in [4.69, 9.17) is 5.26 Å². The van der Waals surface area contributed by atoms with Crippen molar-refractivity contribution in [2.75, 3.05) is 26.2 Å². The molecule has 2 rings (SSSR count). The number of nitrogens with zero attached hydrogens (tertiary/aromatic N) is 3. The molecule has 0 saturated carbocycles. The zero-order valence-electron chi connectivity index (χ0n) is 13.4. The molecule has 1 aromatic carbocycles. The monoisotopic (exact) mass is 376 g/mol. The molecule has 9 heteroatoms. The maximum absolute atomic E-state index is 11.1. The number of halogens is 2. The Morgan fingerprint density at radius 2 is 2.04 bits per heavy atom. The number of phenols is 1. The summed E-state index contributed by atoms with van der Waals surface area (Å²) in [5.41, 5.74) is 0.288. The van der Waals surface area contributed by atoms with Gasteiger partial charge in [-0.2, -0.15) is 5.26 Å². The van der Waals surface area contributed by atoms with Gasteiger partial charge in [-0.1, -0.05) is 13.3 Å². The predicted octanol–water partition coefficient (Wildman–Crippen LogP) is 2.76. The lowest BCUT2D eigenvalue weighted by atomic mass is 9.96. The van der Waals surface area contributed by atoms with E-state index in [1.54, 1.807) is 6.07 Å². The summed E-state index contributed by atoms with van der Waals surface area (Å²) in [5, 5.41) is 33.8. The van der Waals surface area contributed by atoms with Gasteiger partial charge in [0.05, 0.1) is 16.6 Å². The van der Waals surface area contributed by atoms with Crippen LogP contribution in [0.25, 0.3) is 0 Å². The average molecular weight is 377 g/mol. The van der Waals surface area contributed by atoms with Gasteiger partial charge in [0.2, 0.25) is 0 Å². The predicted molar refractivity (Wildman–Crippen MR) is 96.1 cm³/mol. The fourth-order valence-corrected chi connectivity index (χ4v) is 2.90. The molecular weight excluding hydrogens is 355 g/mol. The number of rotatable bonds is 5. The van der Waals surface area contributed by atoms with Crippen molar-refractivity contribution in [3.63, 3.8) is 0 Å². The number of phenolic OH excluding ortho intramolecular Hbond substituents is 1. The lowest BCUT2D eigenvalue weighted by molar-refractivity contribution is -0.386. The Morgan fingerprint density at radius 3 is 2.54 bits per heavy atom. The summed E-state index contributed by atoms with van der Waals surface area (Å²) in [6.07, 6.45) is 1.66. The zero-order chi connectivity index (χ0) is 16.1. The maximum atomic E-state index is 11.1. The van der Waals surface area contributed by atoms with Gasteiger partial charge in [0.15, 0.2) is 5.75 Å². The SMILES string of the molecule is CCC[C@H](c1cc(C#N)cc([N+](=O)[O-])c1O)N1CCNCC1.Cl.Cl. The van der Waals surface area contributed by atoms with E-state index in [2.05, 4.69) is 10.2 Å². The number of aromatic hydroxyl groups is 1. The number of hydrogen-bond acceptors (Lipinski definition) is 6. The van der Waals surface area contributed by atoms with Gasteiger partial charge in [0.1, 0.15) is 0 Å². The number of nitrogens with one attached hydrogen (secondary N) is 1. The second-order valence-corrected chi connectivity index (χ2v) is 5.39. The molecule has 1 aromatic rings. The molecule has 24 heavy (non-hydrogen) atoms. The highest BCUT2D eigenvalue weighted by molar-refractivity contribution is 5.85. The number of benzene rings is 1. The Labute approximate surface area is 153 Å². The lowest BCUT2D eigenvalue weighted by Crippen LogP contribution is -2.45. The number of piperazine rings is 1. The van der Waals surface area contributed by atoms with E-state index in [0.29, 0.717) is 5.56 Å². The van der Waals surface area contributed by atoms with Crippen LogP contribution in [0.2, 0.25) is 0 Å². The van der Waals surface area contributed by atoms with Gasteiger partial charge in [-0.25, -0.2) is 0 Å². The van der Waals surface area contributed by atoms with Crippen LogP contribution in [-0.4, -0.2) is 41.1 Å². The third kappa shape index (κ3) is 4.95. The molecule has 0 spiro atoms. The Morgan fingerprint density at radius 1 is 1.42 bits per heavy atom. The van der Waals surface area contributed by atoms with Crippen molar-refractivity contribution in [3.8, 4) is 11.8 Å². The van der Waals surface area contributed by atoms with Crippen LogP contribution < -0.4 is 5.32 Å². The molecule has 2 N–H and O–H groups in total. The van der Waals surface area contributed by atoms with Crippen LogP contribution in [0.4, 0.5) is 5.69 Å². The first-order valence-electron chi connectivity index (χ1n) is 7.44. The molecule has 7 nitrogen and oxygen atoms in total. The van der Waals surface area contributed by atoms with Gasteiger partial charge in [-0.05, 0) is 12.5 Å². The van der Waals surface area contributed by atoms with Crippen LogP contribution in [0.1, 0.15) is 36.9 Å².